The maximum absolute atomic E-state index is 2.46. The molecule has 0 aliphatic rings. The second kappa shape index (κ2) is 21.4. The van der Waals surface area contributed by atoms with Crippen LogP contribution in [0.25, 0.3) is 75.4 Å². The Morgan fingerprint density at radius 3 is 0.465 bits per heavy atom. The van der Waals surface area contributed by atoms with E-state index >= 15 is 0 Å². The lowest BCUT2D eigenvalue weighted by molar-refractivity contribution is 1.27. The van der Waals surface area contributed by atoms with Crippen molar-refractivity contribution in [3.8, 4) is 0 Å². The third kappa shape index (κ3) is 8.70. The van der Waals surface area contributed by atoms with E-state index in [1.54, 1.807) is 0 Å². The fourth-order valence-electron chi connectivity index (χ4n) is 13.2. The molecule has 0 saturated heterocycles. The van der Waals surface area contributed by atoms with Crippen molar-refractivity contribution in [2.45, 2.75) is 0 Å². The van der Waals surface area contributed by atoms with Crippen molar-refractivity contribution in [1.29, 1.82) is 0 Å². The van der Waals surface area contributed by atoms with E-state index in [0.29, 0.717) is 0 Å². The molecule has 0 spiro atoms. The van der Waals surface area contributed by atoms with Gasteiger partial charge in [-0.2, -0.15) is 0 Å². The molecule has 16 rings (SSSR count). The molecule has 0 aliphatic carbocycles. The number of rotatable bonds is 12. The van der Waals surface area contributed by atoms with Gasteiger partial charge >= 0.3 is 0 Å². The Bertz CT molecular complexity index is 4710. The molecule has 0 radical (unpaired) electrons. The quantitative estimate of drug-likeness (QED) is 0.121. The molecule has 0 unspecified atom stereocenters. The van der Waals surface area contributed by atoms with Crippen LogP contribution in [0, 0.1) is 0 Å². The number of anilines is 12. The number of fused-ring (bicyclic) bond motifs is 7. The summed E-state index contributed by atoms with van der Waals surface area (Å²) in [5.74, 6) is 0. The van der Waals surface area contributed by atoms with Gasteiger partial charge in [-0.05, 0) is 129 Å². The molecule has 0 amide bonds. The van der Waals surface area contributed by atoms with Crippen molar-refractivity contribution in [3.63, 3.8) is 0 Å². The molecule has 4 heteroatoms. The van der Waals surface area contributed by atoms with Crippen molar-refractivity contribution < 1.29 is 0 Å². The lowest BCUT2D eigenvalue weighted by Gasteiger charge is -2.33. The Labute approximate surface area is 500 Å². The highest BCUT2D eigenvalue weighted by Crippen LogP contribution is 2.50. The molecule has 0 saturated carbocycles. The molecular weight excluding hydrogens is 1040 g/mol. The highest BCUT2D eigenvalue weighted by molar-refractivity contribution is 6.13. The summed E-state index contributed by atoms with van der Waals surface area (Å²) in [4.78, 5) is 9.79. The van der Waals surface area contributed by atoms with Gasteiger partial charge in [-0.3, -0.25) is 0 Å². The van der Waals surface area contributed by atoms with Crippen LogP contribution in [0.4, 0.5) is 68.2 Å². The first kappa shape index (κ1) is 50.3. The average Bonchev–Trinajstić information content (AvgIpc) is 1.42. The number of hydrogen-bond donors (Lipinski definition) is 0. The van der Waals surface area contributed by atoms with Gasteiger partial charge in [-0.1, -0.05) is 243 Å². The van der Waals surface area contributed by atoms with Crippen molar-refractivity contribution in [3.05, 3.63) is 340 Å². The second-order valence-corrected chi connectivity index (χ2v) is 22.0. The summed E-state index contributed by atoms with van der Waals surface area (Å²) in [6.07, 6.45) is 0. The van der Waals surface area contributed by atoms with Crippen LogP contribution in [0.5, 0.6) is 0 Å². The number of benzene rings is 16. The molecule has 0 bridgehead atoms. The van der Waals surface area contributed by atoms with Crippen LogP contribution < -0.4 is 19.6 Å². The summed E-state index contributed by atoms with van der Waals surface area (Å²) in [5.41, 5.74) is 13.0. The maximum Gasteiger partial charge on any atom is 0.0541 e. The van der Waals surface area contributed by atoms with E-state index < -0.39 is 0 Å². The van der Waals surface area contributed by atoms with E-state index in [1.165, 1.54) is 64.6 Å². The third-order valence-electron chi connectivity index (χ3n) is 17.1. The van der Waals surface area contributed by atoms with E-state index in [4.69, 9.17) is 0 Å². The van der Waals surface area contributed by atoms with Gasteiger partial charge in [-0.15, -0.1) is 0 Å². The molecule has 0 aromatic heterocycles. The third-order valence-corrected chi connectivity index (χ3v) is 17.1. The fraction of sp³-hybridized carbons (Fsp3) is 0. The van der Waals surface area contributed by atoms with Crippen LogP contribution in [0.3, 0.4) is 0 Å². The summed E-state index contributed by atoms with van der Waals surface area (Å²) >= 11 is 0. The predicted molar refractivity (Wildman–Crippen MR) is 368 cm³/mol. The van der Waals surface area contributed by atoms with Crippen LogP contribution >= 0.6 is 0 Å². The first-order valence-electron chi connectivity index (χ1n) is 29.5. The normalized spacial score (nSPS) is 11.5. The monoisotopic (exact) mass is 1100 g/mol. The van der Waals surface area contributed by atoms with Gasteiger partial charge in [0.15, 0.2) is 0 Å². The molecular formula is C82H56N4. The van der Waals surface area contributed by atoms with Gasteiger partial charge in [0.05, 0.1) is 45.5 Å². The van der Waals surface area contributed by atoms with Crippen molar-refractivity contribution in [1.82, 2.24) is 0 Å². The zero-order chi connectivity index (χ0) is 56.9. The smallest absolute Gasteiger partial charge is 0.0541 e. The molecule has 0 fully saturated rings. The Morgan fingerprint density at radius 1 is 0.116 bits per heavy atom. The van der Waals surface area contributed by atoms with Crippen LogP contribution in [0.15, 0.2) is 340 Å². The van der Waals surface area contributed by atoms with Crippen molar-refractivity contribution >= 4 is 144 Å². The predicted octanol–water partition coefficient (Wildman–Crippen LogP) is 23.6. The number of hydrogen-bond acceptors (Lipinski definition) is 4. The van der Waals surface area contributed by atoms with Crippen LogP contribution in [0.1, 0.15) is 0 Å². The molecule has 404 valence electrons. The van der Waals surface area contributed by atoms with Gasteiger partial charge in [-0.25, -0.2) is 0 Å². The van der Waals surface area contributed by atoms with E-state index in [2.05, 4.69) is 359 Å². The number of nitrogens with zero attached hydrogens (tertiary/aromatic N) is 4. The molecule has 16 aromatic carbocycles. The zero-order valence-corrected chi connectivity index (χ0v) is 47.1. The molecule has 86 heavy (non-hydrogen) atoms. The highest BCUT2D eigenvalue weighted by atomic mass is 15.2. The van der Waals surface area contributed by atoms with Gasteiger partial charge in [0.2, 0.25) is 0 Å². The lowest BCUT2D eigenvalue weighted by Crippen LogP contribution is -2.15. The van der Waals surface area contributed by atoms with Crippen molar-refractivity contribution in [2.24, 2.45) is 0 Å². The van der Waals surface area contributed by atoms with Crippen LogP contribution in [-0.4, -0.2) is 0 Å². The summed E-state index contributed by atoms with van der Waals surface area (Å²) in [7, 11) is 0. The SMILES string of the molecule is c1ccc2c(N(c3ccc(N(c4cccc5ccccc45)c4ccc(N(c5ccc(N(c6cccc7ccccc67)c6cccc7ccccc67)cc5)c5cccc6ccccc56)c5ccccc45)cc3)c3cccc4ccccc34)cccc2c1. The molecule has 0 aliphatic heterocycles. The standard InChI is InChI=1S/C82H56N4/c1-7-33-67-57(21-1)27-15-41-75(67)83(76-42-16-28-58-22-2-8-34-68(58)76)63-47-51-65(52-48-63)85(79-45-19-31-61-25-5-11-37-71(61)79)81-55-56-82(74-40-14-13-39-73(74)81)86(80-46-20-32-62-26-6-12-38-72(62)80)66-53-49-64(50-54-66)84(77-43-17-29-59-23-3-9-35-69(59)77)78-44-18-30-60-24-4-10-36-70(60)78/h1-56H. The minimum atomic E-state index is 1.04. The fourth-order valence-corrected chi connectivity index (χ4v) is 13.2. The Balaban J connectivity index is 0.875. The van der Waals surface area contributed by atoms with E-state index in [9.17, 15) is 0 Å². The molecule has 0 heterocycles. The molecule has 0 atom stereocenters. The summed E-state index contributed by atoms with van der Waals surface area (Å²) in [6.45, 7) is 0. The minimum absolute atomic E-state index is 1.04. The van der Waals surface area contributed by atoms with E-state index in [0.717, 1.165) is 79.0 Å². The highest BCUT2D eigenvalue weighted by Gasteiger charge is 2.26. The summed E-state index contributed by atoms with van der Waals surface area (Å²) < 4.78 is 0. The van der Waals surface area contributed by atoms with Crippen LogP contribution in [0.2, 0.25) is 0 Å². The molecule has 16 aromatic rings. The Morgan fingerprint density at radius 2 is 0.267 bits per heavy atom. The van der Waals surface area contributed by atoms with E-state index in [-0.39, 0.29) is 0 Å². The Hall–Kier alpha value is -11.5. The van der Waals surface area contributed by atoms with Gasteiger partial charge in [0.1, 0.15) is 0 Å². The summed E-state index contributed by atoms with van der Waals surface area (Å²) in [6, 6.07) is 124. The Kier molecular flexibility index (Phi) is 12.5. The second-order valence-electron chi connectivity index (χ2n) is 22.0. The lowest BCUT2D eigenvalue weighted by atomic mass is 10.00. The van der Waals surface area contributed by atoms with E-state index in [1.807, 2.05) is 0 Å². The zero-order valence-electron chi connectivity index (χ0n) is 47.1. The van der Waals surface area contributed by atoms with Gasteiger partial charge in [0, 0.05) is 65.8 Å². The van der Waals surface area contributed by atoms with Crippen molar-refractivity contribution in [2.75, 3.05) is 19.6 Å². The van der Waals surface area contributed by atoms with Crippen LogP contribution in [-0.2, 0) is 0 Å². The van der Waals surface area contributed by atoms with Gasteiger partial charge in [0.25, 0.3) is 0 Å². The first-order valence-corrected chi connectivity index (χ1v) is 29.5. The minimum Gasteiger partial charge on any atom is -0.309 e. The van der Waals surface area contributed by atoms with Gasteiger partial charge < -0.3 is 19.6 Å². The molecule has 4 nitrogen and oxygen atoms in total. The topological polar surface area (TPSA) is 13.0 Å². The average molecular weight is 1100 g/mol. The largest absolute Gasteiger partial charge is 0.309 e. The molecule has 0 N–H and O–H groups in total. The summed E-state index contributed by atoms with van der Waals surface area (Å²) in [5, 5.41) is 16.5. The maximum atomic E-state index is 2.46. The first-order chi connectivity index (χ1) is 42.7.